The van der Waals surface area contributed by atoms with Crippen molar-refractivity contribution in [3.8, 4) is 0 Å². The smallest absolute Gasteiger partial charge is 0.347 e. The predicted octanol–water partition coefficient (Wildman–Crippen LogP) is 0.878. The molecule has 3 aromatic rings. The molecule has 8 heteroatoms. The van der Waals surface area contributed by atoms with Crippen LogP contribution in [0.4, 0.5) is 0 Å². The van der Waals surface area contributed by atoms with Crippen LogP contribution in [0.25, 0.3) is 21.9 Å². The number of nitrogens with zero attached hydrogens (tertiary/aromatic N) is 2. The van der Waals surface area contributed by atoms with E-state index >= 15 is 0 Å². The van der Waals surface area contributed by atoms with Gasteiger partial charge in [0.2, 0.25) is 5.91 Å². The summed E-state index contributed by atoms with van der Waals surface area (Å²) in [5, 5.41) is 7.91. The number of ether oxygens (including phenoxy) is 2. The predicted molar refractivity (Wildman–Crippen MR) is 86.6 cm³/mol. The first-order valence-corrected chi connectivity index (χ1v) is 7.33. The Kier molecular flexibility index (Phi) is 4.59. The number of fused-ring (bicyclic) bond motifs is 3. The monoisotopic (exact) mass is 331 g/mol. The summed E-state index contributed by atoms with van der Waals surface area (Å²) < 4.78 is 16.8. The molecule has 2 heterocycles. The first-order chi connectivity index (χ1) is 11.6. The van der Waals surface area contributed by atoms with Gasteiger partial charge < -0.3 is 19.2 Å². The van der Waals surface area contributed by atoms with Gasteiger partial charge in [-0.05, 0) is 12.1 Å². The molecule has 0 aliphatic carbocycles. The van der Waals surface area contributed by atoms with Crippen LogP contribution in [0.1, 0.15) is 0 Å². The molecule has 0 spiro atoms. The molecule has 2 aromatic heterocycles. The maximum Gasteiger partial charge on any atom is 0.347 e. The van der Waals surface area contributed by atoms with Crippen LogP contribution in [0.2, 0.25) is 0 Å². The van der Waals surface area contributed by atoms with E-state index in [0.29, 0.717) is 16.5 Å². The highest BCUT2D eigenvalue weighted by Crippen LogP contribution is 2.22. The van der Waals surface area contributed by atoms with Crippen molar-refractivity contribution in [2.75, 3.05) is 20.8 Å². The van der Waals surface area contributed by atoms with Crippen molar-refractivity contribution in [2.24, 2.45) is 0 Å². The summed E-state index contributed by atoms with van der Waals surface area (Å²) in [6.07, 6.45) is 0.893. The van der Waals surface area contributed by atoms with Gasteiger partial charge in [0, 0.05) is 19.6 Å². The lowest BCUT2D eigenvalue weighted by atomic mass is 10.2. The van der Waals surface area contributed by atoms with E-state index in [1.807, 2.05) is 12.1 Å². The Bertz CT molecular complexity index is 926. The summed E-state index contributed by atoms with van der Waals surface area (Å²) in [7, 11) is 2.99. The molecule has 8 nitrogen and oxygen atoms in total. The number of aromatic nitrogens is 2. The molecule has 1 N–H and O–H groups in total. The van der Waals surface area contributed by atoms with E-state index in [-0.39, 0.29) is 19.0 Å². The van der Waals surface area contributed by atoms with Gasteiger partial charge in [-0.25, -0.2) is 4.79 Å². The van der Waals surface area contributed by atoms with E-state index in [1.165, 1.54) is 25.1 Å². The second kappa shape index (κ2) is 6.81. The van der Waals surface area contributed by atoms with E-state index in [0.717, 1.165) is 5.39 Å². The molecule has 0 radical (unpaired) electrons. The molecule has 0 unspecified atom stereocenters. The van der Waals surface area contributed by atoms with Crippen molar-refractivity contribution in [3.63, 3.8) is 0 Å². The fourth-order valence-electron chi connectivity index (χ4n) is 2.50. The minimum Gasteiger partial charge on any atom is -0.422 e. The van der Waals surface area contributed by atoms with Gasteiger partial charge >= 0.3 is 5.63 Å². The largest absolute Gasteiger partial charge is 0.422 e. The minimum atomic E-state index is -0.517. The zero-order valence-electron chi connectivity index (χ0n) is 13.3. The van der Waals surface area contributed by atoms with E-state index in [1.54, 1.807) is 12.1 Å². The molecule has 0 bridgehead atoms. The maximum absolute atomic E-state index is 12.1. The molecule has 0 fully saturated rings. The van der Waals surface area contributed by atoms with Crippen LogP contribution in [0, 0.1) is 0 Å². The third-order valence-corrected chi connectivity index (χ3v) is 3.69. The Labute approximate surface area is 136 Å². The molecule has 0 aliphatic rings. The second-order valence-corrected chi connectivity index (χ2v) is 5.16. The molecule has 1 aromatic carbocycles. The number of nitrogens with one attached hydrogen (secondary N) is 1. The average Bonchev–Trinajstić information content (AvgIpc) is 3.00. The molecule has 0 saturated heterocycles. The Hall–Kier alpha value is -2.71. The normalized spacial score (nSPS) is 11.5. The Morgan fingerprint density at radius 1 is 1.29 bits per heavy atom. The van der Waals surface area contributed by atoms with E-state index in [4.69, 9.17) is 13.9 Å². The molecule has 0 saturated carbocycles. The number of carbonyl (C=O) groups is 1. The van der Waals surface area contributed by atoms with Gasteiger partial charge in [-0.15, -0.1) is 0 Å². The first-order valence-electron chi connectivity index (χ1n) is 7.33. The molecule has 24 heavy (non-hydrogen) atoms. The SMILES string of the molecule is COC(CNC(=O)Cn1ncc2c(=O)oc3ccccc3c21)OC. The lowest BCUT2D eigenvalue weighted by molar-refractivity contribution is -0.128. The van der Waals surface area contributed by atoms with Gasteiger partial charge in [-0.1, -0.05) is 12.1 Å². The number of para-hydroxylation sites is 1. The number of methoxy groups -OCH3 is 2. The number of hydrogen-bond donors (Lipinski definition) is 1. The lowest BCUT2D eigenvalue weighted by Gasteiger charge is -2.14. The number of hydrogen-bond acceptors (Lipinski definition) is 6. The van der Waals surface area contributed by atoms with Gasteiger partial charge in [0.05, 0.1) is 18.3 Å². The van der Waals surface area contributed by atoms with Crippen LogP contribution < -0.4 is 10.9 Å². The van der Waals surface area contributed by atoms with Crippen molar-refractivity contribution in [3.05, 3.63) is 40.9 Å². The Morgan fingerprint density at radius 2 is 2.04 bits per heavy atom. The number of benzene rings is 1. The van der Waals surface area contributed by atoms with Crippen LogP contribution in [0.15, 0.2) is 39.7 Å². The van der Waals surface area contributed by atoms with E-state index in [9.17, 15) is 9.59 Å². The summed E-state index contributed by atoms with van der Waals surface area (Å²) in [5.74, 6) is -0.267. The quantitative estimate of drug-likeness (QED) is 0.532. The Morgan fingerprint density at radius 3 is 2.79 bits per heavy atom. The second-order valence-electron chi connectivity index (χ2n) is 5.16. The fraction of sp³-hybridized carbons (Fsp3) is 0.312. The molecular weight excluding hydrogens is 314 g/mol. The molecule has 1 amide bonds. The van der Waals surface area contributed by atoms with Crippen molar-refractivity contribution in [1.82, 2.24) is 15.1 Å². The zero-order valence-corrected chi connectivity index (χ0v) is 13.3. The van der Waals surface area contributed by atoms with Crippen LogP contribution >= 0.6 is 0 Å². The van der Waals surface area contributed by atoms with Gasteiger partial charge in [0.15, 0.2) is 6.29 Å². The van der Waals surface area contributed by atoms with Crippen molar-refractivity contribution < 1.29 is 18.7 Å². The van der Waals surface area contributed by atoms with Crippen molar-refractivity contribution in [2.45, 2.75) is 12.8 Å². The number of carbonyl (C=O) groups excluding carboxylic acids is 1. The third-order valence-electron chi connectivity index (χ3n) is 3.69. The van der Waals surface area contributed by atoms with Crippen LogP contribution in [0.5, 0.6) is 0 Å². The maximum atomic E-state index is 12.1. The van der Waals surface area contributed by atoms with Gasteiger partial charge in [0.1, 0.15) is 17.5 Å². The molecular formula is C16H17N3O5. The first kappa shape index (κ1) is 16.2. The highest BCUT2D eigenvalue weighted by Gasteiger charge is 2.15. The van der Waals surface area contributed by atoms with Crippen molar-refractivity contribution in [1.29, 1.82) is 0 Å². The molecule has 126 valence electrons. The number of rotatable bonds is 6. The summed E-state index contributed by atoms with van der Waals surface area (Å²) in [6, 6.07) is 7.14. The summed E-state index contributed by atoms with van der Waals surface area (Å²) in [5.41, 5.74) is 0.553. The van der Waals surface area contributed by atoms with Gasteiger partial charge in [0.25, 0.3) is 0 Å². The Balaban J connectivity index is 1.90. The van der Waals surface area contributed by atoms with E-state index in [2.05, 4.69) is 10.4 Å². The lowest BCUT2D eigenvalue weighted by Crippen LogP contribution is -2.36. The number of amides is 1. The third kappa shape index (κ3) is 3.01. The summed E-state index contributed by atoms with van der Waals surface area (Å²) in [6.45, 7) is 0.186. The highest BCUT2D eigenvalue weighted by molar-refractivity contribution is 6.02. The van der Waals surface area contributed by atoms with Gasteiger partial charge in [-0.3, -0.25) is 9.48 Å². The standard InChI is InChI=1S/C16H17N3O5/c1-22-14(23-2)8-17-13(20)9-19-15-10-5-3-4-6-12(10)24-16(21)11(15)7-18-19/h3-7,14H,8-9H2,1-2H3,(H,17,20). The summed E-state index contributed by atoms with van der Waals surface area (Å²) >= 11 is 0. The topological polar surface area (TPSA) is 95.6 Å². The van der Waals surface area contributed by atoms with Crippen LogP contribution in [-0.4, -0.2) is 42.7 Å². The van der Waals surface area contributed by atoms with Crippen LogP contribution in [-0.2, 0) is 20.8 Å². The van der Waals surface area contributed by atoms with Crippen molar-refractivity contribution >= 4 is 27.8 Å². The molecule has 0 aliphatic heterocycles. The van der Waals surface area contributed by atoms with Crippen LogP contribution in [0.3, 0.4) is 0 Å². The summed E-state index contributed by atoms with van der Waals surface area (Å²) in [4.78, 5) is 24.2. The van der Waals surface area contributed by atoms with Gasteiger partial charge in [-0.2, -0.15) is 5.10 Å². The minimum absolute atomic E-state index is 0.0307. The zero-order chi connectivity index (χ0) is 17.1. The highest BCUT2D eigenvalue weighted by atomic mass is 16.7. The molecule has 0 atom stereocenters. The van der Waals surface area contributed by atoms with E-state index < -0.39 is 11.9 Å². The average molecular weight is 331 g/mol. The molecule has 3 rings (SSSR count). The fourth-order valence-corrected chi connectivity index (χ4v) is 2.50.